The Bertz CT molecular complexity index is 2750. The van der Waals surface area contributed by atoms with Crippen molar-refractivity contribution in [3.05, 3.63) is 163 Å². The van der Waals surface area contributed by atoms with Crippen molar-refractivity contribution in [3.8, 4) is 39.5 Å². The van der Waals surface area contributed by atoms with E-state index in [1.165, 1.54) is 49.4 Å². The molecule has 0 aliphatic heterocycles. The number of rotatable bonds is 3. The standard InChI is InChI=1S/C45H31N3/c1-45(2)38-21-10-8-17-32(38)34-19-12-20-36(42(34)45)43-35-24-23-31(28-13-4-3-5-14-28)26-39(35)46-44(47-43)48-40-22-11-9-18-33(40)37-25-29-15-6-7-16-30(29)27-41(37)48/h3-27H,1-2H3. The molecule has 3 nitrogen and oxygen atoms in total. The Morgan fingerprint density at radius 2 is 1.19 bits per heavy atom. The molecule has 0 radical (unpaired) electrons. The summed E-state index contributed by atoms with van der Waals surface area (Å²) in [6, 6.07) is 54.5. The second kappa shape index (κ2) is 9.97. The van der Waals surface area contributed by atoms with E-state index >= 15 is 0 Å². The van der Waals surface area contributed by atoms with Crippen LogP contribution in [0.4, 0.5) is 0 Å². The molecule has 0 fully saturated rings. The van der Waals surface area contributed by atoms with Gasteiger partial charge in [-0.05, 0) is 74.5 Å². The summed E-state index contributed by atoms with van der Waals surface area (Å²) in [7, 11) is 0. The van der Waals surface area contributed by atoms with Gasteiger partial charge in [-0.25, -0.2) is 9.97 Å². The molecule has 226 valence electrons. The monoisotopic (exact) mass is 613 g/mol. The number of para-hydroxylation sites is 1. The van der Waals surface area contributed by atoms with Gasteiger partial charge in [0.05, 0.1) is 22.2 Å². The van der Waals surface area contributed by atoms with E-state index in [-0.39, 0.29) is 5.41 Å². The van der Waals surface area contributed by atoms with Crippen molar-refractivity contribution < 1.29 is 0 Å². The molecule has 48 heavy (non-hydrogen) atoms. The van der Waals surface area contributed by atoms with Crippen molar-refractivity contribution in [2.24, 2.45) is 0 Å². The predicted octanol–water partition coefficient (Wildman–Crippen LogP) is 11.5. The van der Waals surface area contributed by atoms with Gasteiger partial charge in [-0.15, -0.1) is 0 Å². The van der Waals surface area contributed by atoms with Gasteiger partial charge in [-0.1, -0.05) is 135 Å². The van der Waals surface area contributed by atoms with Crippen LogP contribution in [-0.2, 0) is 5.41 Å². The van der Waals surface area contributed by atoms with Crippen LogP contribution >= 0.6 is 0 Å². The topological polar surface area (TPSA) is 30.7 Å². The van der Waals surface area contributed by atoms with E-state index in [2.05, 4.69) is 170 Å². The molecule has 0 unspecified atom stereocenters. The number of benzene rings is 7. The molecule has 0 bridgehead atoms. The van der Waals surface area contributed by atoms with Crippen LogP contribution < -0.4 is 0 Å². The van der Waals surface area contributed by atoms with Crippen LogP contribution in [0.25, 0.3) is 82.9 Å². The fourth-order valence-corrected chi connectivity index (χ4v) is 8.15. The van der Waals surface area contributed by atoms with Gasteiger partial charge in [-0.3, -0.25) is 4.57 Å². The number of fused-ring (bicyclic) bond motifs is 8. The maximum absolute atomic E-state index is 5.55. The first kappa shape index (κ1) is 27.1. The van der Waals surface area contributed by atoms with Crippen LogP contribution in [0.5, 0.6) is 0 Å². The quantitative estimate of drug-likeness (QED) is 0.198. The van der Waals surface area contributed by atoms with Crippen molar-refractivity contribution in [1.29, 1.82) is 0 Å². The Balaban J connectivity index is 1.32. The van der Waals surface area contributed by atoms with E-state index < -0.39 is 0 Å². The lowest BCUT2D eigenvalue weighted by Gasteiger charge is -2.25. The number of aromatic nitrogens is 3. The lowest BCUT2D eigenvalue weighted by molar-refractivity contribution is 0.662. The van der Waals surface area contributed by atoms with Crippen LogP contribution in [0.1, 0.15) is 25.0 Å². The summed E-state index contributed by atoms with van der Waals surface area (Å²) in [6.07, 6.45) is 0. The first-order chi connectivity index (χ1) is 23.6. The highest BCUT2D eigenvalue weighted by atomic mass is 15.2. The molecule has 2 aromatic heterocycles. The van der Waals surface area contributed by atoms with Gasteiger partial charge in [0, 0.05) is 27.1 Å². The van der Waals surface area contributed by atoms with Crippen molar-refractivity contribution >= 4 is 43.5 Å². The molecule has 0 amide bonds. The van der Waals surface area contributed by atoms with Crippen molar-refractivity contribution in [3.63, 3.8) is 0 Å². The largest absolute Gasteiger partial charge is 0.278 e. The molecule has 9 aromatic rings. The van der Waals surface area contributed by atoms with E-state index in [1.54, 1.807) is 0 Å². The maximum atomic E-state index is 5.55. The van der Waals surface area contributed by atoms with Gasteiger partial charge in [-0.2, -0.15) is 0 Å². The molecule has 1 aliphatic rings. The third-order valence-corrected chi connectivity index (χ3v) is 10.4. The van der Waals surface area contributed by atoms with Gasteiger partial charge in [0.15, 0.2) is 0 Å². The van der Waals surface area contributed by atoms with Crippen LogP contribution in [0, 0.1) is 0 Å². The van der Waals surface area contributed by atoms with E-state index in [0.29, 0.717) is 5.95 Å². The zero-order valence-corrected chi connectivity index (χ0v) is 26.8. The summed E-state index contributed by atoms with van der Waals surface area (Å²) >= 11 is 0. The minimum Gasteiger partial charge on any atom is -0.278 e. The maximum Gasteiger partial charge on any atom is 0.235 e. The summed E-state index contributed by atoms with van der Waals surface area (Å²) in [5, 5.41) is 5.86. The summed E-state index contributed by atoms with van der Waals surface area (Å²) in [4.78, 5) is 10.9. The highest BCUT2D eigenvalue weighted by Crippen LogP contribution is 2.52. The SMILES string of the molecule is CC1(C)c2ccccc2-c2cccc(-c3nc(-n4c5ccccc5c5cc6ccccc6cc54)nc4cc(-c5ccccc5)ccc34)c21. The van der Waals surface area contributed by atoms with E-state index in [4.69, 9.17) is 9.97 Å². The third kappa shape index (κ3) is 3.82. The Morgan fingerprint density at radius 3 is 2.06 bits per heavy atom. The summed E-state index contributed by atoms with van der Waals surface area (Å²) in [5.74, 6) is 0.676. The number of nitrogens with zero attached hydrogens (tertiary/aromatic N) is 3. The highest BCUT2D eigenvalue weighted by Gasteiger charge is 2.38. The van der Waals surface area contributed by atoms with Crippen LogP contribution in [0.3, 0.4) is 0 Å². The van der Waals surface area contributed by atoms with Crippen LogP contribution in [0.15, 0.2) is 152 Å². The molecule has 1 aliphatic carbocycles. The fraction of sp³-hybridized carbons (Fsp3) is 0.0667. The lowest BCUT2D eigenvalue weighted by Crippen LogP contribution is -2.16. The minimum atomic E-state index is -0.185. The zero-order valence-electron chi connectivity index (χ0n) is 26.8. The molecule has 0 atom stereocenters. The second-order valence-electron chi connectivity index (χ2n) is 13.4. The number of hydrogen-bond acceptors (Lipinski definition) is 2. The Kier molecular flexibility index (Phi) is 5.63. The molecule has 0 N–H and O–H groups in total. The Hall–Kier alpha value is -6.06. The first-order valence-corrected chi connectivity index (χ1v) is 16.6. The average Bonchev–Trinajstić information content (AvgIpc) is 3.58. The van der Waals surface area contributed by atoms with E-state index in [0.717, 1.165) is 38.8 Å². The second-order valence-corrected chi connectivity index (χ2v) is 13.4. The fourth-order valence-electron chi connectivity index (χ4n) is 8.15. The summed E-state index contributed by atoms with van der Waals surface area (Å²) in [5.41, 5.74) is 12.6. The predicted molar refractivity (Wildman–Crippen MR) is 200 cm³/mol. The van der Waals surface area contributed by atoms with Crippen molar-refractivity contribution in [2.75, 3.05) is 0 Å². The molecular formula is C45H31N3. The molecule has 3 heteroatoms. The molecule has 0 saturated carbocycles. The van der Waals surface area contributed by atoms with Crippen LogP contribution in [0.2, 0.25) is 0 Å². The molecule has 2 heterocycles. The van der Waals surface area contributed by atoms with Crippen LogP contribution in [-0.4, -0.2) is 14.5 Å². The van der Waals surface area contributed by atoms with Gasteiger partial charge in [0.25, 0.3) is 0 Å². The van der Waals surface area contributed by atoms with E-state index in [9.17, 15) is 0 Å². The molecule has 0 spiro atoms. The van der Waals surface area contributed by atoms with Gasteiger partial charge in [0.1, 0.15) is 0 Å². The van der Waals surface area contributed by atoms with Gasteiger partial charge in [0.2, 0.25) is 5.95 Å². The lowest BCUT2D eigenvalue weighted by atomic mass is 9.79. The zero-order chi connectivity index (χ0) is 32.0. The Labute approximate surface area is 278 Å². The summed E-state index contributed by atoms with van der Waals surface area (Å²) < 4.78 is 2.26. The number of hydrogen-bond donors (Lipinski definition) is 0. The van der Waals surface area contributed by atoms with Crippen molar-refractivity contribution in [2.45, 2.75) is 19.3 Å². The normalized spacial score (nSPS) is 13.4. The van der Waals surface area contributed by atoms with Crippen molar-refractivity contribution in [1.82, 2.24) is 14.5 Å². The van der Waals surface area contributed by atoms with Gasteiger partial charge < -0.3 is 0 Å². The molecule has 0 saturated heterocycles. The third-order valence-electron chi connectivity index (χ3n) is 10.4. The van der Waals surface area contributed by atoms with E-state index in [1.807, 2.05) is 0 Å². The molecule has 10 rings (SSSR count). The first-order valence-electron chi connectivity index (χ1n) is 16.6. The molecule has 7 aromatic carbocycles. The minimum absolute atomic E-state index is 0.185. The Morgan fingerprint density at radius 1 is 0.479 bits per heavy atom. The van der Waals surface area contributed by atoms with Gasteiger partial charge >= 0.3 is 0 Å². The average molecular weight is 614 g/mol. The molecular weight excluding hydrogens is 583 g/mol. The highest BCUT2D eigenvalue weighted by molar-refractivity contribution is 6.13. The summed E-state index contributed by atoms with van der Waals surface area (Å²) in [6.45, 7) is 4.69. The smallest absolute Gasteiger partial charge is 0.235 e.